The fraction of sp³-hybridized carbons (Fsp3) is 0.154. The summed E-state index contributed by atoms with van der Waals surface area (Å²) in [6.45, 7) is 0. The second-order valence-corrected chi connectivity index (χ2v) is 3.63. The van der Waals surface area contributed by atoms with E-state index in [1.807, 2.05) is 0 Å². The van der Waals surface area contributed by atoms with Crippen LogP contribution in [0.25, 0.3) is 6.08 Å². The molecule has 0 spiro atoms. The van der Waals surface area contributed by atoms with Crippen LogP contribution in [0.15, 0.2) is 24.3 Å². The number of aliphatic carboxylic acids is 1. The Bertz CT molecular complexity index is 498. The normalized spacial score (nSPS) is 10.0. The third kappa shape index (κ3) is 4.75. The molecule has 1 aromatic rings. The number of halogens is 1. The Hall–Kier alpha value is -1.73. The molecule has 0 radical (unpaired) electrons. The maximum atomic E-state index is 13.3. The Morgan fingerprint density at radius 3 is 2.94 bits per heavy atom. The number of carboxylic acids is 1. The smallest absolute Gasteiger partial charge is 0.328 e. The third-order valence-electron chi connectivity index (χ3n) is 1.87. The van der Waals surface area contributed by atoms with E-state index in [1.165, 1.54) is 18.2 Å². The van der Waals surface area contributed by atoms with Crippen molar-refractivity contribution >= 4 is 24.7 Å². The van der Waals surface area contributed by atoms with Crippen molar-refractivity contribution in [3.05, 3.63) is 41.2 Å². The van der Waals surface area contributed by atoms with Crippen LogP contribution in [0.3, 0.4) is 0 Å². The molecule has 0 heterocycles. The molecule has 1 aromatic carbocycles. The first-order valence-corrected chi connectivity index (χ1v) is 5.57. The summed E-state index contributed by atoms with van der Waals surface area (Å²) in [6.07, 6.45) is 2.76. The number of rotatable bonds is 3. The Morgan fingerprint density at radius 1 is 1.53 bits per heavy atom. The minimum Gasteiger partial charge on any atom is -0.478 e. The maximum absolute atomic E-state index is 13.3. The van der Waals surface area contributed by atoms with Crippen molar-refractivity contribution < 1.29 is 14.3 Å². The van der Waals surface area contributed by atoms with E-state index in [1.54, 1.807) is 6.07 Å². The highest BCUT2D eigenvalue weighted by atomic mass is 32.1. The molecule has 0 aliphatic carbocycles. The van der Waals surface area contributed by atoms with E-state index < -0.39 is 11.8 Å². The van der Waals surface area contributed by atoms with Gasteiger partial charge in [-0.25, -0.2) is 9.18 Å². The third-order valence-corrected chi connectivity index (χ3v) is 2.09. The lowest BCUT2D eigenvalue weighted by Crippen LogP contribution is -1.88. The number of thiol groups is 1. The van der Waals surface area contributed by atoms with Crippen LogP contribution in [0.2, 0.25) is 0 Å². The van der Waals surface area contributed by atoms with Gasteiger partial charge in [-0.2, -0.15) is 12.6 Å². The lowest BCUT2D eigenvalue weighted by molar-refractivity contribution is -0.131. The van der Waals surface area contributed by atoms with Gasteiger partial charge < -0.3 is 5.11 Å². The van der Waals surface area contributed by atoms with Crippen molar-refractivity contribution in [2.45, 2.75) is 6.42 Å². The van der Waals surface area contributed by atoms with Gasteiger partial charge in [-0.3, -0.25) is 0 Å². The van der Waals surface area contributed by atoms with Gasteiger partial charge in [-0.1, -0.05) is 11.8 Å². The Morgan fingerprint density at radius 2 is 2.29 bits per heavy atom. The Balaban J connectivity index is 2.95. The summed E-state index contributed by atoms with van der Waals surface area (Å²) < 4.78 is 13.3. The van der Waals surface area contributed by atoms with Gasteiger partial charge >= 0.3 is 5.97 Å². The van der Waals surface area contributed by atoms with Crippen molar-refractivity contribution in [2.24, 2.45) is 0 Å². The van der Waals surface area contributed by atoms with E-state index in [0.29, 0.717) is 17.7 Å². The first-order valence-electron chi connectivity index (χ1n) is 4.94. The topological polar surface area (TPSA) is 37.3 Å². The fourth-order valence-electron chi connectivity index (χ4n) is 1.13. The van der Waals surface area contributed by atoms with Crippen LogP contribution in [0.5, 0.6) is 0 Å². The summed E-state index contributed by atoms with van der Waals surface area (Å²) in [7, 11) is 0. The van der Waals surface area contributed by atoms with Crippen LogP contribution >= 0.6 is 12.6 Å². The van der Waals surface area contributed by atoms with Gasteiger partial charge in [0, 0.05) is 29.4 Å². The van der Waals surface area contributed by atoms with E-state index in [2.05, 4.69) is 24.5 Å². The van der Waals surface area contributed by atoms with Crippen LogP contribution in [0.1, 0.15) is 17.5 Å². The molecule has 0 unspecified atom stereocenters. The molecule has 1 N–H and O–H groups in total. The van der Waals surface area contributed by atoms with Crippen molar-refractivity contribution in [2.75, 3.05) is 5.75 Å². The van der Waals surface area contributed by atoms with Gasteiger partial charge in [0.2, 0.25) is 0 Å². The molecule has 88 valence electrons. The highest BCUT2D eigenvalue weighted by Gasteiger charge is 1.99. The largest absolute Gasteiger partial charge is 0.478 e. The van der Waals surface area contributed by atoms with Gasteiger partial charge in [0.1, 0.15) is 5.82 Å². The van der Waals surface area contributed by atoms with Gasteiger partial charge in [-0.05, 0) is 24.3 Å². The molecule has 0 bridgehead atoms. The number of carbonyl (C=O) groups is 1. The average molecular weight is 250 g/mol. The highest BCUT2D eigenvalue weighted by molar-refractivity contribution is 7.80. The molecule has 17 heavy (non-hydrogen) atoms. The number of hydrogen-bond donors (Lipinski definition) is 2. The van der Waals surface area contributed by atoms with Crippen LogP contribution in [-0.2, 0) is 4.79 Å². The maximum Gasteiger partial charge on any atom is 0.328 e. The molecule has 0 aliphatic heterocycles. The van der Waals surface area contributed by atoms with E-state index >= 15 is 0 Å². The molecule has 1 rings (SSSR count). The Labute approximate surface area is 105 Å². The van der Waals surface area contributed by atoms with E-state index in [9.17, 15) is 9.18 Å². The summed E-state index contributed by atoms with van der Waals surface area (Å²) in [6, 6.07) is 4.34. The number of hydrogen-bond acceptors (Lipinski definition) is 2. The first kappa shape index (κ1) is 13.3. The lowest BCUT2D eigenvalue weighted by atomic mass is 10.1. The SMILES string of the molecule is O=C(O)/C=C/c1cc(C#CCCS)ccc1F. The monoisotopic (exact) mass is 250 g/mol. The zero-order valence-electron chi connectivity index (χ0n) is 8.98. The lowest BCUT2D eigenvalue weighted by Gasteiger charge is -1.97. The van der Waals surface area contributed by atoms with Crippen LogP contribution in [0, 0.1) is 17.7 Å². The van der Waals surface area contributed by atoms with Gasteiger partial charge in [0.05, 0.1) is 0 Å². The molecule has 0 aliphatic rings. The molecule has 0 aromatic heterocycles. The second kappa shape index (κ2) is 6.77. The average Bonchev–Trinajstić information content (AvgIpc) is 2.29. The summed E-state index contributed by atoms with van der Waals surface area (Å²) in [5.41, 5.74) is 0.864. The summed E-state index contributed by atoms with van der Waals surface area (Å²) in [5, 5.41) is 8.46. The highest BCUT2D eigenvalue weighted by Crippen LogP contribution is 2.11. The molecule has 0 fully saturated rings. The van der Waals surface area contributed by atoms with Crippen molar-refractivity contribution in [3.63, 3.8) is 0 Å². The number of benzene rings is 1. The molecule has 0 saturated carbocycles. The predicted octanol–water partition coefficient (Wildman–Crippen LogP) is 2.59. The molecule has 0 atom stereocenters. The minimum absolute atomic E-state index is 0.213. The zero-order valence-corrected chi connectivity index (χ0v) is 9.88. The molecule has 2 nitrogen and oxygen atoms in total. The standard InChI is InChI=1S/C13H11FO2S/c14-12-6-4-10(3-1-2-8-17)9-11(12)5-7-13(15)16/h4-7,9,17H,2,8H2,(H,15,16)/b7-5+. The van der Waals surface area contributed by atoms with E-state index in [4.69, 9.17) is 5.11 Å². The van der Waals surface area contributed by atoms with Crippen molar-refractivity contribution in [1.82, 2.24) is 0 Å². The van der Waals surface area contributed by atoms with Gasteiger partial charge in [0.25, 0.3) is 0 Å². The summed E-state index contributed by atoms with van der Waals surface area (Å²) >= 11 is 4.02. The minimum atomic E-state index is -1.11. The molecule has 0 saturated heterocycles. The van der Waals surface area contributed by atoms with E-state index in [-0.39, 0.29) is 5.56 Å². The predicted molar refractivity (Wildman–Crippen MR) is 68.4 cm³/mol. The molecule has 4 heteroatoms. The summed E-state index contributed by atoms with van der Waals surface area (Å²) in [5.74, 6) is 4.81. The second-order valence-electron chi connectivity index (χ2n) is 3.18. The van der Waals surface area contributed by atoms with Crippen LogP contribution < -0.4 is 0 Å². The zero-order chi connectivity index (χ0) is 12.7. The molecular formula is C13H11FO2S. The van der Waals surface area contributed by atoms with Crippen molar-refractivity contribution in [1.29, 1.82) is 0 Å². The first-order chi connectivity index (χ1) is 8.13. The van der Waals surface area contributed by atoms with Crippen molar-refractivity contribution in [3.8, 4) is 11.8 Å². The number of carboxylic acid groups (broad SMARTS) is 1. The quantitative estimate of drug-likeness (QED) is 0.491. The van der Waals surface area contributed by atoms with Crippen LogP contribution in [0.4, 0.5) is 4.39 Å². The van der Waals surface area contributed by atoms with E-state index in [0.717, 1.165) is 6.08 Å². The molecular weight excluding hydrogens is 239 g/mol. The van der Waals surface area contributed by atoms with Crippen LogP contribution in [-0.4, -0.2) is 16.8 Å². The Kier molecular flexibility index (Phi) is 5.31. The molecule has 0 amide bonds. The fourth-order valence-corrected chi connectivity index (χ4v) is 1.24. The van der Waals surface area contributed by atoms with Gasteiger partial charge in [0.15, 0.2) is 0 Å². The van der Waals surface area contributed by atoms with Gasteiger partial charge in [-0.15, -0.1) is 0 Å². The summed E-state index contributed by atoms with van der Waals surface area (Å²) in [4.78, 5) is 10.3.